The lowest BCUT2D eigenvalue weighted by Gasteiger charge is -2.36. The predicted molar refractivity (Wildman–Crippen MR) is 99.6 cm³/mol. The molecule has 1 aliphatic heterocycles. The Kier molecular flexibility index (Phi) is 8.28. The number of carboxylic acid groups (broad SMARTS) is 1. The number of hydrogen-bond acceptors (Lipinski definition) is 7. The zero-order valence-corrected chi connectivity index (χ0v) is 16.5. The lowest BCUT2D eigenvalue weighted by molar-refractivity contribution is -0.238. The maximum absolute atomic E-state index is 11.8. The van der Waals surface area contributed by atoms with Crippen LogP contribution in [0.2, 0.25) is 0 Å². The molecule has 1 aromatic carbocycles. The van der Waals surface area contributed by atoms with E-state index in [2.05, 4.69) is 5.32 Å². The van der Waals surface area contributed by atoms with Gasteiger partial charge < -0.3 is 29.7 Å². The third-order valence-electron chi connectivity index (χ3n) is 4.40. The SMILES string of the molecule is CCOC(OCC)C(O)([PH+]=O)[C@@H]1CN[C@H](Cc2cccc(C(=O)O)c2)CO1. The summed E-state index contributed by atoms with van der Waals surface area (Å²) >= 11 is 0. The molecule has 8 nitrogen and oxygen atoms in total. The topological polar surface area (TPSA) is 114 Å². The number of ether oxygens (including phenoxy) is 3. The molecule has 9 heteroatoms. The number of nitrogens with one attached hydrogen (secondary N) is 1. The molecule has 0 saturated carbocycles. The maximum atomic E-state index is 11.8. The van der Waals surface area contributed by atoms with Crippen LogP contribution in [0.25, 0.3) is 0 Å². The highest BCUT2D eigenvalue weighted by molar-refractivity contribution is 7.25. The smallest absolute Gasteiger partial charge is 0.368 e. The first-order valence-corrected chi connectivity index (χ1v) is 9.87. The minimum Gasteiger partial charge on any atom is -0.478 e. The van der Waals surface area contributed by atoms with Gasteiger partial charge in [0.2, 0.25) is 6.29 Å². The van der Waals surface area contributed by atoms with E-state index in [1.807, 2.05) is 6.07 Å². The highest BCUT2D eigenvalue weighted by Gasteiger charge is 2.56. The molecule has 0 bridgehead atoms. The minimum absolute atomic E-state index is 0.0535. The van der Waals surface area contributed by atoms with Crippen molar-refractivity contribution in [3.05, 3.63) is 35.4 Å². The lowest BCUT2D eigenvalue weighted by atomic mass is 10.0. The van der Waals surface area contributed by atoms with E-state index in [-0.39, 0.29) is 24.8 Å². The quantitative estimate of drug-likeness (QED) is 0.399. The fourth-order valence-electron chi connectivity index (χ4n) is 3.02. The summed E-state index contributed by atoms with van der Waals surface area (Å²) in [6.45, 7) is 4.69. The summed E-state index contributed by atoms with van der Waals surface area (Å²) in [7, 11) is -1.08. The average molecular weight is 400 g/mol. The Bertz CT molecular complexity index is 630. The zero-order chi connectivity index (χ0) is 19.9. The van der Waals surface area contributed by atoms with E-state index in [9.17, 15) is 14.5 Å². The second-order valence-corrected chi connectivity index (χ2v) is 7.31. The number of benzene rings is 1. The largest absolute Gasteiger partial charge is 0.478 e. The monoisotopic (exact) mass is 400 g/mol. The molecular formula is C18H27NO7P+. The summed E-state index contributed by atoms with van der Waals surface area (Å²) < 4.78 is 28.4. The molecule has 3 N–H and O–H groups in total. The number of carboxylic acids is 1. The molecule has 0 radical (unpaired) electrons. The van der Waals surface area contributed by atoms with E-state index in [0.29, 0.717) is 19.6 Å². The fraction of sp³-hybridized carbons (Fsp3) is 0.611. The Morgan fingerprint density at radius 1 is 1.41 bits per heavy atom. The normalized spacial score (nSPS) is 22.7. The van der Waals surface area contributed by atoms with Gasteiger partial charge in [0.25, 0.3) is 0 Å². The van der Waals surface area contributed by atoms with Crippen molar-refractivity contribution in [2.75, 3.05) is 26.4 Å². The molecule has 0 spiro atoms. The third-order valence-corrected chi connectivity index (χ3v) is 5.28. The molecule has 1 aromatic rings. The molecule has 1 aliphatic rings. The molecule has 0 amide bonds. The Morgan fingerprint density at radius 2 is 2.11 bits per heavy atom. The molecule has 4 atom stereocenters. The van der Waals surface area contributed by atoms with Gasteiger partial charge in [-0.2, -0.15) is 0 Å². The van der Waals surface area contributed by atoms with Crippen LogP contribution in [0, 0.1) is 0 Å². The van der Waals surface area contributed by atoms with Gasteiger partial charge in [0.05, 0.1) is 12.2 Å². The van der Waals surface area contributed by atoms with Crippen molar-refractivity contribution in [3.8, 4) is 0 Å². The number of carbonyl (C=O) groups is 1. The number of aromatic carboxylic acids is 1. The van der Waals surface area contributed by atoms with Crippen LogP contribution >= 0.6 is 8.46 Å². The summed E-state index contributed by atoms with van der Waals surface area (Å²) in [5.74, 6) is -0.968. The van der Waals surface area contributed by atoms with Crippen LogP contribution < -0.4 is 5.32 Å². The van der Waals surface area contributed by atoms with Crippen molar-refractivity contribution in [1.29, 1.82) is 0 Å². The number of hydrogen-bond donors (Lipinski definition) is 3. The first-order chi connectivity index (χ1) is 12.9. The summed E-state index contributed by atoms with van der Waals surface area (Å²) in [6, 6.07) is 6.68. The van der Waals surface area contributed by atoms with Crippen molar-refractivity contribution in [1.82, 2.24) is 5.32 Å². The molecule has 0 aliphatic carbocycles. The summed E-state index contributed by atoms with van der Waals surface area (Å²) in [5, 5.41) is 21.4. The van der Waals surface area contributed by atoms with Gasteiger partial charge in [0.15, 0.2) is 0 Å². The molecule has 2 rings (SSSR count). The van der Waals surface area contributed by atoms with Gasteiger partial charge in [-0.1, -0.05) is 16.7 Å². The number of morpholine rings is 1. The van der Waals surface area contributed by atoms with E-state index < -0.39 is 32.2 Å². The molecule has 2 unspecified atom stereocenters. The predicted octanol–water partition coefficient (Wildman–Crippen LogP) is 1.40. The fourth-order valence-corrected chi connectivity index (χ4v) is 3.60. The first kappa shape index (κ1) is 21.9. The van der Waals surface area contributed by atoms with E-state index >= 15 is 0 Å². The Labute approximate surface area is 160 Å². The highest BCUT2D eigenvalue weighted by atomic mass is 31.1. The van der Waals surface area contributed by atoms with Crippen LogP contribution in [0.1, 0.15) is 29.8 Å². The zero-order valence-electron chi connectivity index (χ0n) is 15.5. The van der Waals surface area contributed by atoms with Crippen LogP contribution in [0.15, 0.2) is 24.3 Å². The summed E-state index contributed by atoms with van der Waals surface area (Å²) in [4.78, 5) is 11.1. The van der Waals surface area contributed by atoms with Crippen LogP contribution in [0.5, 0.6) is 0 Å². The van der Waals surface area contributed by atoms with Gasteiger partial charge >= 0.3 is 19.8 Å². The van der Waals surface area contributed by atoms with Crippen molar-refractivity contribution in [3.63, 3.8) is 0 Å². The van der Waals surface area contributed by atoms with E-state index in [0.717, 1.165) is 5.56 Å². The van der Waals surface area contributed by atoms with Crippen molar-refractivity contribution >= 4 is 14.4 Å². The minimum atomic E-state index is -1.77. The summed E-state index contributed by atoms with van der Waals surface area (Å²) in [6.07, 6.45) is -1.22. The van der Waals surface area contributed by atoms with Crippen molar-refractivity contribution in [2.45, 2.75) is 44.0 Å². The van der Waals surface area contributed by atoms with E-state index in [1.54, 1.807) is 32.0 Å². The standard InChI is InChI=1S/C18H26NO7P/c1-3-24-17(25-4-2)18(22,27-23)15-10-19-14(11-26-15)9-12-6-5-7-13(8-12)16(20)21/h5-8,14-15,17,19,22H,3-4,9-11H2,1-2H3,(H,20,21)/p+1/t14-,15+,18?/m1/s1. The van der Waals surface area contributed by atoms with Crippen LogP contribution in [0.4, 0.5) is 0 Å². The number of aliphatic hydroxyl groups is 1. The Hall–Kier alpha value is -1.41. The lowest BCUT2D eigenvalue weighted by Crippen LogP contribution is -2.60. The van der Waals surface area contributed by atoms with Crippen molar-refractivity contribution in [2.24, 2.45) is 0 Å². The molecule has 27 heavy (non-hydrogen) atoms. The molecule has 150 valence electrons. The third kappa shape index (κ3) is 5.54. The molecule has 1 fully saturated rings. The van der Waals surface area contributed by atoms with Gasteiger partial charge in [0.1, 0.15) is 6.10 Å². The molecule has 0 aromatic heterocycles. The highest BCUT2D eigenvalue weighted by Crippen LogP contribution is 2.34. The van der Waals surface area contributed by atoms with Gasteiger partial charge in [-0.3, -0.25) is 0 Å². The van der Waals surface area contributed by atoms with Crippen LogP contribution in [0.3, 0.4) is 0 Å². The Balaban J connectivity index is 1.99. The molecular weight excluding hydrogens is 373 g/mol. The van der Waals surface area contributed by atoms with Crippen LogP contribution in [-0.2, 0) is 25.2 Å². The summed E-state index contributed by atoms with van der Waals surface area (Å²) in [5.41, 5.74) is 1.11. The average Bonchev–Trinajstić information content (AvgIpc) is 2.68. The van der Waals surface area contributed by atoms with Gasteiger partial charge in [0, 0.05) is 25.8 Å². The maximum Gasteiger partial charge on any atom is 0.368 e. The molecule has 1 saturated heterocycles. The van der Waals surface area contributed by atoms with Crippen molar-refractivity contribution < 1.29 is 33.8 Å². The van der Waals surface area contributed by atoms with Gasteiger partial charge in [-0.15, -0.1) is 0 Å². The van der Waals surface area contributed by atoms with E-state index in [4.69, 9.17) is 19.3 Å². The van der Waals surface area contributed by atoms with Gasteiger partial charge in [-0.05, 0) is 38.0 Å². The number of rotatable bonds is 10. The molecule has 1 heterocycles. The van der Waals surface area contributed by atoms with Crippen LogP contribution in [-0.4, -0.2) is 66.3 Å². The van der Waals surface area contributed by atoms with E-state index in [1.165, 1.54) is 0 Å². The second-order valence-electron chi connectivity index (χ2n) is 6.31. The second kappa shape index (κ2) is 10.2. The van der Waals surface area contributed by atoms with Gasteiger partial charge in [-0.25, -0.2) is 4.79 Å². The first-order valence-electron chi connectivity index (χ1n) is 8.96. The Morgan fingerprint density at radius 3 is 2.63 bits per heavy atom.